The number of pyridine rings is 3. The van der Waals surface area contributed by atoms with Crippen LogP contribution in [0.15, 0.2) is 41.5 Å². The van der Waals surface area contributed by atoms with Gasteiger partial charge in [0.05, 0.1) is 5.39 Å². The summed E-state index contributed by atoms with van der Waals surface area (Å²) >= 11 is 0. The topological polar surface area (TPSA) is 71.8 Å². The second kappa shape index (κ2) is 8.47. The fraction of sp³-hybridized carbons (Fsp3) is 0.350. The van der Waals surface area contributed by atoms with Gasteiger partial charge in [-0.15, -0.1) is 0 Å². The van der Waals surface area contributed by atoms with Crippen molar-refractivity contribution in [3.63, 3.8) is 0 Å². The van der Waals surface area contributed by atoms with E-state index >= 15 is 0 Å². The van der Waals surface area contributed by atoms with Crippen LogP contribution in [-0.2, 0) is 7.05 Å². The molecule has 0 radical (unpaired) electrons. The van der Waals surface area contributed by atoms with Gasteiger partial charge in [0.2, 0.25) is 0 Å². The van der Waals surface area contributed by atoms with Crippen molar-refractivity contribution in [2.45, 2.75) is 40.7 Å². The maximum atomic E-state index is 12.5. The van der Waals surface area contributed by atoms with Gasteiger partial charge in [-0.05, 0) is 56.0 Å². The van der Waals surface area contributed by atoms with Gasteiger partial charge in [0, 0.05) is 25.5 Å². The number of nitrogens with zero attached hydrogens (tertiary/aromatic N) is 3. The van der Waals surface area contributed by atoms with E-state index in [0.29, 0.717) is 17.0 Å². The van der Waals surface area contributed by atoms with Crippen molar-refractivity contribution < 1.29 is 0 Å². The Morgan fingerprint density at radius 3 is 2.50 bits per heavy atom. The molecule has 0 aliphatic carbocycles. The molecule has 0 spiro atoms. The zero-order valence-electron chi connectivity index (χ0n) is 16.3. The fourth-order valence-electron chi connectivity index (χ4n) is 2.53. The molecular weight excluding hydrogens is 326 g/mol. The second-order valence-electron chi connectivity index (χ2n) is 6.19. The lowest BCUT2D eigenvalue weighted by molar-refractivity contribution is 0.866. The number of hydrogen-bond donors (Lipinski definition) is 2. The highest BCUT2D eigenvalue weighted by Crippen LogP contribution is 2.24. The zero-order valence-corrected chi connectivity index (χ0v) is 16.3. The van der Waals surface area contributed by atoms with E-state index in [2.05, 4.69) is 20.6 Å². The normalized spacial score (nSPS) is 10.4. The molecular formula is C20H27N5O. The summed E-state index contributed by atoms with van der Waals surface area (Å²) in [7, 11) is 1.74. The van der Waals surface area contributed by atoms with Crippen molar-refractivity contribution >= 4 is 28.2 Å². The monoisotopic (exact) mass is 353 g/mol. The minimum atomic E-state index is -0.0663. The summed E-state index contributed by atoms with van der Waals surface area (Å²) in [6.45, 7) is 10.0. The smallest absolute Gasteiger partial charge is 0.261 e. The number of aryl methyl sites for hydroxylation is 2. The van der Waals surface area contributed by atoms with E-state index in [-0.39, 0.29) is 11.6 Å². The van der Waals surface area contributed by atoms with Gasteiger partial charge in [-0.3, -0.25) is 4.79 Å². The second-order valence-corrected chi connectivity index (χ2v) is 6.19. The lowest BCUT2D eigenvalue weighted by atomic mass is 10.2. The molecule has 0 saturated carbocycles. The quantitative estimate of drug-likeness (QED) is 0.734. The van der Waals surface area contributed by atoms with Crippen LogP contribution in [0.25, 0.3) is 10.8 Å². The molecule has 0 fully saturated rings. The first-order chi connectivity index (χ1) is 12.4. The maximum absolute atomic E-state index is 12.5. The highest BCUT2D eigenvalue weighted by atomic mass is 16.1. The molecule has 6 nitrogen and oxygen atoms in total. The number of aromatic nitrogens is 3. The van der Waals surface area contributed by atoms with E-state index < -0.39 is 0 Å². The van der Waals surface area contributed by atoms with Crippen LogP contribution >= 0.6 is 0 Å². The SMILES string of the molecule is CC.Cc1ccnc(Nc2cc3ccn(C)c(=O)c3c(NC(C)C)n2)c1. The molecule has 0 aliphatic rings. The van der Waals surface area contributed by atoms with Crippen molar-refractivity contribution in [3.05, 3.63) is 52.6 Å². The Morgan fingerprint density at radius 1 is 1.12 bits per heavy atom. The summed E-state index contributed by atoms with van der Waals surface area (Å²) < 4.78 is 1.56. The van der Waals surface area contributed by atoms with E-state index in [1.165, 1.54) is 0 Å². The molecule has 3 rings (SSSR count). The van der Waals surface area contributed by atoms with Crippen LogP contribution in [0.5, 0.6) is 0 Å². The van der Waals surface area contributed by atoms with E-state index in [4.69, 9.17) is 0 Å². The molecule has 0 aromatic carbocycles. The molecule has 26 heavy (non-hydrogen) atoms. The Morgan fingerprint density at radius 2 is 1.85 bits per heavy atom. The molecule has 3 aromatic rings. The maximum Gasteiger partial charge on any atom is 0.261 e. The van der Waals surface area contributed by atoms with E-state index in [0.717, 1.165) is 16.8 Å². The van der Waals surface area contributed by atoms with Crippen LogP contribution in [0.3, 0.4) is 0 Å². The van der Waals surface area contributed by atoms with Gasteiger partial charge < -0.3 is 15.2 Å². The first-order valence-electron chi connectivity index (χ1n) is 8.90. The Labute approximate surface area is 154 Å². The first-order valence-corrected chi connectivity index (χ1v) is 8.90. The average Bonchev–Trinajstić information content (AvgIpc) is 2.59. The van der Waals surface area contributed by atoms with Crippen LogP contribution in [-0.4, -0.2) is 20.6 Å². The predicted molar refractivity (Wildman–Crippen MR) is 109 cm³/mol. The number of fused-ring (bicyclic) bond motifs is 1. The van der Waals surface area contributed by atoms with Gasteiger partial charge >= 0.3 is 0 Å². The number of anilines is 3. The summed E-state index contributed by atoms with van der Waals surface area (Å²) in [6.07, 6.45) is 3.51. The van der Waals surface area contributed by atoms with Crippen molar-refractivity contribution in [1.29, 1.82) is 0 Å². The standard InChI is InChI=1S/C18H21N5O.C2H6/c1-11(2)20-17-16-13(6-8-23(4)18(16)24)10-15(22-17)21-14-9-12(3)5-7-19-14;1-2/h5-11H,1-4H3,(H2,19,20,21,22);1-2H3. The summed E-state index contributed by atoms with van der Waals surface area (Å²) in [5.74, 6) is 1.96. The van der Waals surface area contributed by atoms with Crippen LogP contribution in [0, 0.1) is 6.92 Å². The Kier molecular flexibility index (Phi) is 6.33. The number of hydrogen-bond acceptors (Lipinski definition) is 5. The third kappa shape index (κ3) is 4.39. The molecule has 0 amide bonds. The van der Waals surface area contributed by atoms with Crippen molar-refractivity contribution in [3.8, 4) is 0 Å². The molecule has 0 atom stereocenters. The van der Waals surface area contributed by atoms with Gasteiger partial charge in [0.1, 0.15) is 17.5 Å². The summed E-state index contributed by atoms with van der Waals surface area (Å²) in [5, 5.41) is 7.92. The third-order valence-electron chi connectivity index (χ3n) is 3.66. The summed E-state index contributed by atoms with van der Waals surface area (Å²) in [6, 6.07) is 7.84. The number of nitrogens with one attached hydrogen (secondary N) is 2. The van der Waals surface area contributed by atoms with Crippen molar-refractivity contribution in [2.75, 3.05) is 10.6 Å². The molecule has 6 heteroatoms. The fourth-order valence-corrected chi connectivity index (χ4v) is 2.53. The largest absolute Gasteiger partial charge is 0.367 e. The third-order valence-corrected chi connectivity index (χ3v) is 3.66. The lowest BCUT2D eigenvalue weighted by Gasteiger charge is -2.14. The molecule has 0 unspecified atom stereocenters. The molecule has 3 aromatic heterocycles. The lowest BCUT2D eigenvalue weighted by Crippen LogP contribution is -2.20. The number of rotatable bonds is 4. The predicted octanol–water partition coefficient (Wildman–Crippen LogP) is 4.23. The zero-order chi connectivity index (χ0) is 19.3. The summed E-state index contributed by atoms with van der Waals surface area (Å²) in [4.78, 5) is 21.4. The minimum absolute atomic E-state index is 0.0663. The van der Waals surface area contributed by atoms with E-state index in [1.54, 1.807) is 24.0 Å². The minimum Gasteiger partial charge on any atom is -0.367 e. The van der Waals surface area contributed by atoms with E-state index in [1.807, 2.05) is 58.9 Å². The van der Waals surface area contributed by atoms with Crippen LogP contribution < -0.4 is 16.2 Å². The van der Waals surface area contributed by atoms with Gasteiger partial charge in [-0.1, -0.05) is 13.8 Å². The molecule has 138 valence electrons. The summed E-state index contributed by atoms with van der Waals surface area (Å²) in [5.41, 5.74) is 1.05. The van der Waals surface area contributed by atoms with Gasteiger partial charge in [0.25, 0.3) is 5.56 Å². The van der Waals surface area contributed by atoms with Crippen LogP contribution in [0.4, 0.5) is 17.5 Å². The molecule has 3 heterocycles. The van der Waals surface area contributed by atoms with Gasteiger partial charge in [-0.2, -0.15) is 0 Å². The molecule has 0 saturated heterocycles. The van der Waals surface area contributed by atoms with Gasteiger partial charge in [0.15, 0.2) is 0 Å². The Bertz CT molecular complexity index is 947. The van der Waals surface area contributed by atoms with Gasteiger partial charge in [-0.25, -0.2) is 9.97 Å². The van der Waals surface area contributed by atoms with Crippen molar-refractivity contribution in [1.82, 2.24) is 14.5 Å². The van der Waals surface area contributed by atoms with Crippen LogP contribution in [0.2, 0.25) is 0 Å². The average molecular weight is 353 g/mol. The van der Waals surface area contributed by atoms with Crippen molar-refractivity contribution in [2.24, 2.45) is 7.05 Å². The molecule has 0 aliphatic heterocycles. The molecule has 2 N–H and O–H groups in total. The van der Waals surface area contributed by atoms with Crippen LogP contribution in [0.1, 0.15) is 33.3 Å². The highest BCUT2D eigenvalue weighted by Gasteiger charge is 2.12. The molecule has 0 bridgehead atoms. The highest BCUT2D eigenvalue weighted by molar-refractivity contribution is 5.93. The van der Waals surface area contributed by atoms with E-state index in [9.17, 15) is 4.79 Å². The first kappa shape index (κ1) is 19.4. The Balaban J connectivity index is 0.00000117. The Hall–Kier alpha value is -2.89.